The van der Waals surface area contributed by atoms with E-state index in [4.69, 9.17) is 0 Å². The van der Waals surface area contributed by atoms with E-state index >= 15 is 0 Å². The number of hydrogen-bond donors (Lipinski definition) is 1. The minimum atomic E-state index is 0.440. The molecule has 0 radical (unpaired) electrons. The van der Waals surface area contributed by atoms with Gasteiger partial charge in [-0.1, -0.05) is 42.5 Å². The lowest BCUT2D eigenvalue weighted by molar-refractivity contribution is 0.175. The maximum atomic E-state index is 3.98. The number of nitrogens with one attached hydrogen (secondary N) is 1. The zero-order valence-electron chi connectivity index (χ0n) is 12.8. The largest absolute Gasteiger partial charge is 0.314 e. The quantitative estimate of drug-likeness (QED) is 0.860. The normalized spacial score (nSPS) is 17.8. The van der Waals surface area contributed by atoms with Crippen LogP contribution < -0.4 is 5.32 Å². The predicted octanol–water partition coefficient (Wildman–Crippen LogP) is 3.67. The van der Waals surface area contributed by atoms with Gasteiger partial charge in [0.25, 0.3) is 0 Å². The molecule has 0 unspecified atom stereocenters. The van der Waals surface area contributed by atoms with Gasteiger partial charge in [0.1, 0.15) is 0 Å². The smallest absolute Gasteiger partial charge is 0.0389 e. The molecule has 1 aliphatic heterocycles. The molecular weight excluding hydrogens is 256 g/mol. The van der Waals surface area contributed by atoms with Crippen LogP contribution in [0.2, 0.25) is 0 Å². The van der Waals surface area contributed by atoms with Crippen LogP contribution in [-0.4, -0.2) is 31.1 Å². The first-order valence-electron chi connectivity index (χ1n) is 7.85. The molecule has 0 amide bonds. The molecule has 1 aliphatic rings. The molecule has 3 rings (SSSR count). The van der Waals surface area contributed by atoms with Crippen LogP contribution in [0.5, 0.6) is 0 Å². The first-order chi connectivity index (χ1) is 10.3. The highest BCUT2D eigenvalue weighted by Gasteiger charge is 2.22. The fourth-order valence-corrected chi connectivity index (χ4v) is 3.39. The van der Waals surface area contributed by atoms with Gasteiger partial charge >= 0.3 is 0 Å². The second-order valence-electron chi connectivity index (χ2n) is 5.84. The average molecular weight is 280 g/mol. The van der Waals surface area contributed by atoms with Gasteiger partial charge in [0.15, 0.2) is 0 Å². The summed E-state index contributed by atoms with van der Waals surface area (Å²) in [7, 11) is 0. The fraction of sp³-hybridized carbons (Fsp3) is 0.368. The van der Waals surface area contributed by atoms with Crippen molar-refractivity contribution in [3.63, 3.8) is 0 Å². The van der Waals surface area contributed by atoms with Crippen LogP contribution in [0.3, 0.4) is 0 Å². The van der Waals surface area contributed by atoms with Crippen molar-refractivity contribution in [2.45, 2.75) is 19.4 Å². The van der Waals surface area contributed by atoms with Crippen molar-refractivity contribution in [2.24, 2.45) is 0 Å². The topological polar surface area (TPSA) is 15.3 Å². The summed E-state index contributed by atoms with van der Waals surface area (Å²) in [6.45, 7) is 10.6. The molecular formula is C19H24N2. The molecule has 0 saturated carbocycles. The summed E-state index contributed by atoms with van der Waals surface area (Å²) in [5.41, 5.74) is 2.80. The van der Waals surface area contributed by atoms with Gasteiger partial charge in [-0.25, -0.2) is 0 Å². The number of aryl methyl sites for hydroxylation is 1. The van der Waals surface area contributed by atoms with Gasteiger partial charge < -0.3 is 5.32 Å². The average Bonchev–Trinajstić information content (AvgIpc) is 2.55. The van der Waals surface area contributed by atoms with E-state index in [1.54, 1.807) is 0 Å². The van der Waals surface area contributed by atoms with Gasteiger partial charge in [-0.05, 0) is 35.2 Å². The van der Waals surface area contributed by atoms with E-state index in [-0.39, 0.29) is 0 Å². The van der Waals surface area contributed by atoms with Gasteiger partial charge in [-0.15, -0.1) is 6.58 Å². The first kappa shape index (κ1) is 14.3. The van der Waals surface area contributed by atoms with Crippen molar-refractivity contribution < 1.29 is 0 Å². The van der Waals surface area contributed by atoms with Gasteiger partial charge in [0, 0.05) is 32.2 Å². The van der Waals surface area contributed by atoms with E-state index in [9.17, 15) is 0 Å². The first-order valence-corrected chi connectivity index (χ1v) is 7.85. The van der Waals surface area contributed by atoms with Crippen LogP contribution in [0, 0.1) is 6.92 Å². The lowest BCUT2D eigenvalue weighted by Gasteiger charge is -2.35. The Labute approximate surface area is 127 Å². The Bertz CT molecular complexity index is 626. The highest BCUT2D eigenvalue weighted by atomic mass is 15.2. The minimum Gasteiger partial charge on any atom is -0.314 e. The molecule has 2 heteroatoms. The minimum absolute atomic E-state index is 0.440. The summed E-state index contributed by atoms with van der Waals surface area (Å²) in [6, 6.07) is 13.8. The molecule has 1 heterocycles. The Kier molecular flexibility index (Phi) is 4.37. The van der Waals surface area contributed by atoms with Crippen molar-refractivity contribution in [3.8, 4) is 0 Å². The van der Waals surface area contributed by atoms with E-state index in [1.807, 2.05) is 0 Å². The van der Waals surface area contributed by atoms with E-state index in [1.165, 1.54) is 21.9 Å². The zero-order chi connectivity index (χ0) is 14.7. The molecule has 1 N–H and O–H groups in total. The number of piperazine rings is 1. The third-order valence-corrected chi connectivity index (χ3v) is 4.52. The highest BCUT2D eigenvalue weighted by Crippen LogP contribution is 2.32. The predicted molar refractivity (Wildman–Crippen MR) is 90.7 cm³/mol. The number of nitrogens with zero attached hydrogens (tertiary/aromatic N) is 1. The second-order valence-corrected chi connectivity index (χ2v) is 5.84. The maximum absolute atomic E-state index is 3.98. The Morgan fingerprint density at radius 2 is 1.86 bits per heavy atom. The standard InChI is InChI=1S/C19H24N2/c1-3-6-19(21-13-11-20-12-14-21)18-10-9-15(2)16-7-4-5-8-17(16)18/h3-5,7-10,19-20H,1,6,11-14H2,2H3/t19-/m1/s1. The lowest BCUT2D eigenvalue weighted by Crippen LogP contribution is -2.45. The Hall–Kier alpha value is -1.64. The summed E-state index contributed by atoms with van der Waals surface area (Å²) < 4.78 is 0. The molecule has 1 atom stereocenters. The van der Waals surface area contributed by atoms with Crippen LogP contribution >= 0.6 is 0 Å². The van der Waals surface area contributed by atoms with Crippen LogP contribution in [0.1, 0.15) is 23.6 Å². The van der Waals surface area contributed by atoms with E-state index in [2.05, 4.69) is 66.2 Å². The molecule has 0 aliphatic carbocycles. The molecule has 21 heavy (non-hydrogen) atoms. The summed E-state index contributed by atoms with van der Waals surface area (Å²) in [5.74, 6) is 0. The van der Waals surface area contributed by atoms with Gasteiger partial charge in [-0.3, -0.25) is 4.90 Å². The molecule has 0 aromatic heterocycles. The van der Waals surface area contributed by atoms with Crippen molar-refractivity contribution in [1.29, 1.82) is 0 Å². The number of fused-ring (bicyclic) bond motifs is 1. The van der Waals surface area contributed by atoms with E-state index in [0.717, 1.165) is 32.6 Å². The second kappa shape index (κ2) is 6.42. The fourth-order valence-electron chi connectivity index (χ4n) is 3.39. The molecule has 0 bridgehead atoms. The van der Waals surface area contributed by atoms with Crippen molar-refractivity contribution >= 4 is 10.8 Å². The van der Waals surface area contributed by atoms with Crippen LogP contribution in [-0.2, 0) is 0 Å². The number of rotatable bonds is 4. The highest BCUT2D eigenvalue weighted by molar-refractivity contribution is 5.88. The summed E-state index contributed by atoms with van der Waals surface area (Å²) >= 11 is 0. The van der Waals surface area contributed by atoms with Crippen molar-refractivity contribution in [1.82, 2.24) is 10.2 Å². The Morgan fingerprint density at radius 1 is 1.14 bits per heavy atom. The summed E-state index contributed by atoms with van der Waals surface area (Å²) in [5, 5.41) is 6.21. The summed E-state index contributed by atoms with van der Waals surface area (Å²) in [4.78, 5) is 2.59. The number of hydrogen-bond acceptors (Lipinski definition) is 2. The molecule has 0 spiro atoms. The van der Waals surface area contributed by atoms with Crippen LogP contribution in [0.25, 0.3) is 10.8 Å². The Morgan fingerprint density at radius 3 is 2.57 bits per heavy atom. The van der Waals surface area contributed by atoms with Crippen molar-refractivity contribution in [2.75, 3.05) is 26.2 Å². The van der Waals surface area contributed by atoms with Gasteiger partial charge in [0.05, 0.1) is 0 Å². The van der Waals surface area contributed by atoms with Gasteiger partial charge in [-0.2, -0.15) is 0 Å². The molecule has 110 valence electrons. The Balaban J connectivity index is 2.06. The molecule has 2 aromatic rings. The van der Waals surface area contributed by atoms with E-state index in [0.29, 0.717) is 6.04 Å². The molecule has 1 saturated heterocycles. The zero-order valence-corrected chi connectivity index (χ0v) is 12.8. The summed E-state index contributed by atoms with van der Waals surface area (Å²) in [6.07, 6.45) is 3.06. The van der Waals surface area contributed by atoms with Crippen LogP contribution in [0.4, 0.5) is 0 Å². The van der Waals surface area contributed by atoms with Crippen LogP contribution in [0.15, 0.2) is 49.1 Å². The maximum Gasteiger partial charge on any atom is 0.0389 e. The number of benzene rings is 2. The van der Waals surface area contributed by atoms with Gasteiger partial charge in [0.2, 0.25) is 0 Å². The molecule has 2 nitrogen and oxygen atoms in total. The van der Waals surface area contributed by atoms with Crippen molar-refractivity contribution in [3.05, 3.63) is 60.2 Å². The van der Waals surface area contributed by atoms with E-state index < -0.39 is 0 Å². The SMILES string of the molecule is C=CC[C@H](c1ccc(C)c2ccccc12)N1CCNCC1. The third kappa shape index (κ3) is 2.87. The monoisotopic (exact) mass is 280 g/mol. The third-order valence-electron chi connectivity index (χ3n) is 4.52. The lowest BCUT2D eigenvalue weighted by atomic mass is 9.93. The molecule has 1 fully saturated rings. The molecule has 2 aromatic carbocycles.